The standard InChI is InChI=1S/C29H24N2O4S/c1-34-20-8-5-7-19(16-20)27-22-12-11-18-6-3-4-9-21(18)26(22)30-29-31(27)28(33)25(36-29)15-17-10-13-23(32)24(14-17)35-2/h3-10,13-16,27,32H,11-12H2,1-2H3/b25-15+/t27-/m1/s1. The van der Waals surface area contributed by atoms with Crippen LogP contribution in [0.1, 0.15) is 34.7 Å². The summed E-state index contributed by atoms with van der Waals surface area (Å²) in [7, 11) is 3.15. The maximum Gasteiger partial charge on any atom is 0.271 e. The molecule has 2 aliphatic rings. The predicted molar refractivity (Wildman–Crippen MR) is 140 cm³/mol. The van der Waals surface area contributed by atoms with Crippen molar-refractivity contribution in [2.45, 2.75) is 18.9 Å². The molecule has 7 heteroatoms. The zero-order chi connectivity index (χ0) is 24.8. The first-order valence-corrected chi connectivity index (χ1v) is 12.5. The Balaban J connectivity index is 1.61. The molecule has 0 bridgehead atoms. The van der Waals surface area contributed by atoms with Gasteiger partial charge < -0.3 is 14.6 Å². The first kappa shape index (κ1) is 22.4. The Morgan fingerprint density at radius 1 is 1.03 bits per heavy atom. The van der Waals surface area contributed by atoms with Crippen molar-refractivity contribution in [3.63, 3.8) is 0 Å². The second-order valence-corrected chi connectivity index (χ2v) is 9.83. The fourth-order valence-electron chi connectivity index (χ4n) is 5.07. The number of rotatable bonds is 4. The Morgan fingerprint density at radius 2 is 1.89 bits per heavy atom. The first-order valence-electron chi connectivity index (χ1n) is 11.7. The third-order valence-electron chi connectivity index (χ3n) is 6.78. The van der Waals surface area contributed by atoms with Gasteiger partial charge >= 0.3 is 0 Å². The van der Waals surface area contributed by atoms with Gasteiger partial charge in [-0.05, 0) is 65.4 Å². The third kappa shape index (κ3) is 3.63. The van der Waals surface area contributed by atoms with Crippen molar-refractivity contribution in [1.82, 2.24) is 4.57 Å². The molecule has 6 rings (SSSR count). The number of aromatic hydroxyl groups is 1. The molecule has 1 atom stereocenters. The molecular weight excluding hydrogens is 472 g/mol. The summed E-state index contributed by atoms with van der Waals surface area (Å²) in [5, 5.41) is 9.96. The van der Waals surface area contributed by atoms with E-state index in [2.05, 4.69) is 18.2 Å². The number of nitrogens with zero attached hydrogens (tertiary/aromatic N) is 2. The summed E-state index contributed by atoms with van der Waals surface area (Å²) >= 11 is 1.37. The number of aryl methyl sites for hydroxylation is 1. The summed E-state index contributed by atoms with van der Waals surface area (Å²) in [5.41, 5.74) is 6.18. The highest BCUT2D eigenvalue weighted by Gasteiger charge is 2.32. The van der Waals surface area contributed by atoms with Gasteiger partial charge in [0.25, 0.3) is 5.56 Å². The topological polar surface area (TPSA) is 73.1 Å². The quantitative estimate of drug-likeness (QED) is 0.463. The molecule has 180 valence electrons. The number of allylic oxidation sites excluding steroid dienone is 1. The van der Waals surface area contributed by atoms with Gasteiger partial charge in [-0.1, -0.05) is 53.8 Å². The molecule has 0 saturated carbocycles. The van der Waals surface area contributed by atoms with Crippen molar-refractivity contribution in [3.8, 4) is 17.2 Å². The zero-order valence-corrected chi connectivity index (χ0v) is 20.7. The molecule has 0 fully saturated rings. The minimum Gasteiger partial charge on any atom is -0.504 e. The maximum absolute atomic E-state index is 13.8. The highest BCUT2D eigenvalue weighted by atomic mass is 32.1. The largest absolute Gasteiger partial charge is 0.504 e. The Bertz CT molecular complexity index is 1710. The van der Waals surface area contributed by atoms with Crippen LogP contribution >= 0.6 is 11.3 Å². The molecule has 0 unspecified atom stereocenters. The molecule has 1 aromatic heterocycles. The summed E-state index contributed by atoms with van der Waals surface area (Å²) in [6.07, 6.45) is 3.56. The van der Waals surface area contributed by atoms with Crippen molar-refractivity contribution in [3.05, 3.63) is 114 Å². The van der Waals surface area contributed by atoms with E-state index in [0.29, 0.717) is 15.1 Å². The summed E-state index contributed by atoms with van der Waals surface area (Å²) in [4.78, 5) is 19.6. The van der Waals surface area contributed by atoms with E-state index < -0.39 is 0 Å². The normalized spacial score (nSPS) is 16.6. The molecule has 4 aromatic rings. The monoisotopic (exact) mass is 496 g/mol. The summed E-state index contributed by atoms with van der Waals surface area (Å²) in [6.45, 7) is 0. The number of methoxy groups -OCH3 is 2. The fraction of sp³-hybridized carbons (Fsp3) is 0.172. The lowest BCUT2D eigenvalue weighted by atomic mass is 9.83. The molecule has 0 spiro atoms. The van der Waals surface area contributed by atoms with Crippen LogP contribution in [0, 0.1) is 0 Å². The van der Waals surface area contributed by atoms with Gasteiger partial charge in [-0.15, -0.1) is 0 Å². The SMILES string of the molecule is COc1cccc([C@@H]2C3=C(N=c4s/c(=C/c5ccc(O)c(OC)c5)c(=O)n42)c2ccccc2CC3)c1. The van der Waals surface area contributed by atoms with Crippen molar-refractivity contribution in [1.29, 1.82) is 0 Å². The minimum atomic E-state index is -0.267. The Hall–Kier alpha value is -4.10. The molecule has 6 nitrogen and oxygen atoms in total. The average Bonchev–Trinajstić information content (AvgIpc) is 3.22. The van der Waals surface area contributed by atoms with Crippen LogP contribution in [-0.4, -0.2) is 23.9 Å². The highest BCUT2D eigenvalue weighted by Crippen LogP contribution is 2.41. The van der Waals surface area contributed by atoms with Crippen LogP contribution < -0.4 is 24.4 Å². The second-order valence-electron chi connectivity index (χ2n) is 8.82. The zero-order valence-electron chi connectivity index (χ0n) is 19.9. The van der Waals surface area contributed by atoms with E-state index in [0.717, 1.165) is 46.6 Å². The number of thiazole rings is 1. The van der Waals surface area contributed by atoms with E-state index in [1.54, 1.807) is 25.3 Å². The van der Waals surface area contributed by atoms with E-state index in [1.165, 1.54) is 24.0 Å². The van der Waals surface area contributed by atoms with Gasteiger partial charge in [0, 0.05) is 5.56 Å². The van der Waals surface area contributed by atoms with Crippen LogP contribution in [0.3, 0.4) is 0 Å². The number of phenolic OH excluding ortho intramolecular Hbond substituents is 1. The molecule has 0 amide bonds. The number of phenols is 1. The number of fused-ring (bicyclic) bond motifs is 3. The number of ether oxygens (including phenoxy) is 2. The smallest absolute Gasteiger partial charge is 0.271 e. The summed E-state index contributed by atoms with van der Waals surface area (Å²) in [6, 6.07) is 21.1. The van der Waals surface area contributed by atoms with Gasteiger partial charge in [0.05, 0.1) is 30.5 Å². The molecule has 0 radical (unpaired) electrons. The fourth-order valence-corrected chi connectivity index (χ4v) is 6.07. The lowest BCUT2D eigenvalue weighted by molar-refractivity contribution is 0.373. The van der Waals surface area contributed by atoms with Crippen LogP contribution in [0.4, 0.5) is 0 Å². The molecule has 0 saturated heterocycles. The molecule has 2 heterocycles. The minimum absolute atomic E-state index is 0.0560. The highest BCUT2D eigenvalue weighted by molar-refractivity contribution is 7.07. The maximum atomic E-state index is 13.8. The number of benzene rings is 3. The average molecular weight is 497 g/mol. The molecule has 1 aliphatic carbocycles. The summed E-state index contributed by atoms with van der Waals surface area (Å²) < 4.78 is 13.1. The molecule has 1 N–H and O–H groups in total. The van der Waals surface area contributed by atoms with Crippen molar-refractivity contribution in [2.24, 2.45) is 4.99 Å². The number of hydrogen-bond donors (Lipinski definition) is 1. The van der Waals surface area contributed by atoms with Crippen molar-refractivity contribution in [2.75, 3.05) is 14.2 Å². The Labute approximate surface area is 211 Å². The van der Waals surface area contributed by atoms with Gasteiger partial charge in [-0.25, -0.2) is 4.99 Å². The van der Waals surface area contributed by atoms with Crippen LogP contribution in [0.25, 0.3) is 11.8 Å². The van der Waals surface area contributed by atoms with E-state index >= 15 is 0 Å². The van der Waals surface area contributed by atoms with Crippen LogP contribution in [0.15, 0.2) is 82.1 Å². The van der Waals surface area contributed by atoms with Crippen LogP contribution in [0.2, 0.25) is 0 Å². The van der Waals surface area contributed by atoms with Gasteiger partial charge in [0.2, 0.25) is 0 Å². The van der Waals surface area contributed by atoms with Crippen molar-refractivity contribution < 1.29 is 14.6 Å². The van der Waals surface area contributed by atoms with E-state index in [1.807, 2.05) is 41.0 Å². The van der Waals surface area contributed by atoms with Gasteiger partial charge in [-0.3, -0.25) is 9.36 Å². The lowest BCUT2D eigenvalue weighted by Gasteiger charge is -2.31. The van der Waals surface area contributed by atoms with Crippen LogP contribution in [0.5, 0.6) is 17.2 Å². The third-order valence-corrected chi connectivity index (χ3v) is 7.77. The predicted octanol–water partition coefficient (Wildman–Crippen LogP) is 4.04. The molecule has 36 heavy (non-hydrogen) atoms. The van der Waals surface area contributed by atoms with E-state index in [9.17, 15) is 9.90 Å². The number of hydrogen-bond acceptors (Lipinski definition) is 6. The van der Waals surface area contributed by atoms with Crippen molar-refractivity contribution >= 4 is 23.1 Å². The second kappa shape index (κ2) is 8.84. The van der Waals surface area contributed by atoms with Gasteiger partial charge in [0.15, 0.2) is 16.3 Å². The number of aromatic nitrogens is 1. The Morgan fingerprint density at radius 3 is 2.72 bits per heavy atom. The van der Waals surface area contributed by atoms with Crippen LogP contribution in [-0.2, 0) is 6.42 Å². The van der Waals surface area contributed by atoms with Gasteiger partial charge in [0.1, 0.15) is 5.75 Å². The molecule has 1 aliphatic heterocycles. The Kier molecular flexibility index (Phi) is 5.49. The molecular formula is C29H24N2O4S. The lowest BCUT2D eigenvalue weighted by Crippen LogP contribution is -2.38. The van der Waals surface area contributed by atoms with Gasteiger partial charge in [-0.2, -0.15) is 0 Å². The van der Waals surface area contributed by atoms with E-state index in [4.69, 9.17) is 14.5 Å². The van der Waals surface area contributed by atoms with E-state index in [-0.39, 0.29) is 17.4 Å². The summed E-state index contributed by atoms with van der Waals surface area (Å²) in [5.74, 6) is 1.17. The molecule has 3 aromatic carbocycles. The first-order chi connectivity index (χ1) is 17.6.